The fourth-order valence-electron chi connectivity index (χ4n) is 2.20. The minimum absolute atomic E-state index is 0. The second-order valence-electron chi connectivity index (χ2n) is 4.49. The van der Waals surface area contributed by atoms with Gasteiger partial charge in [0, 0.05) is 17.0 Å². The summed E-state index contributed by atoms with van der Waals surface area (Å²) in [6, 6.07) is 8.47. The lowest BCUT2D eigenvalue weighted by molar-refractivity contribution is 0.790. The van der Waals surface area contributed by atoms with E-state index in [1.165, 1.54) is 35.3 Å². The van der Waals surface area contributed by atoms with Gasteiger partial charge in [0.1, 0.15) is 10.8 Å². The summed E-state index contributed by atoms with van der Waals surface area (Å²) < 4.78 is 0. The third-order valence-electron chi connectivity index (χ3n) is 3.20. The van der Waals surface area contributed by atoms with Crippen molar-refractivity contribution in [1.29, 1.82) is 0 Å². The number of nitrogens with one attached hydrogen (secondary N) is 1. The minimum Gasteiger partial charge on any atom is -0.369 e. The average molecular weight is 281 g/mol. The summed E-state index contributed by atoms with van der Waals surface area (Å²) in [5.74, 6) is 1.12. The van der Waals surface area contributed by atoms with Crippen molar-refractivity contribution in [2.45, 2.75) is 26.2 Å². The molecule has 0 amide bonds. The summed E-state index contributed by atoms with van der Waals surface area (Å²) in [5.41, 5.74) is 2.57. The van der Waals surface area contributed by atoms with Crippen molar-refractivity contribution in [2.75, 3.05) is 11.9 Å². The van der Waals surface area contributed by atoms with Crippen molar-refractivity contribution in [3.05, 3.63) is 34.7 Å². The van der Waals surface area contributed by atoms with Crippen LogP contribution in [0.25, 0.3) is 10.6 Å². The zero-order valence-corrected chi connectivity index (χ0v) is 12.0. The van der Waals surface area contributed by atoms with Gasteiger partial charge >= 0.3 is 0 Å². The van der Waals surface area contributed by atoms with E-state index in [0.717, 1.165) is 17.4 Å². The number of thiazole rings is 1. The Kier molecular flexibility index (Phi) is 4.25. The molecule has 0 unspecified atom stereocenters. The Morgan fingerprint density at radius 3 is 2.89 bits per heavy atom. The van der Waals surface area contributed by atoms with Crippen LogP contribution in [-0.2, 0) is 6.42 Å². The molecule has 96 valence electrons. The zero-order chi connectivity index (χ0) is 11.7. The Balaban J connectivity index is 0.00000120. The molecular weight excluding hydrogens is 264 g/mol. The first-order valence-electron chi connectivity index (χ1n) is 6.14. The highest BCUT2D eigenvalue weighted by molar-refractivity contribution is 7.15. The number of anilines is 1. The predicted molar refractivity (Wildman–Crippen MR) is 81.0 cm³/mol. The second-order valence-corrected chi connectivity index (χ2v) is 5.57. The average Bonchev–Trinajstić information content (AvgIpc) is 2.61. The second kappa shape index (κ2) is 5.72. The van der Waals surface area contributed by atoms with Gasteiger partial charge in [0.25, 0.3) is 0 Å². The number of aromatic nitrogens is 1. The van der Waals surface area contributed by atoms with Gasteiger partial charge in [0.15, 0.2) is 0 Å². The van der Waals surface area contributed by atoms with E-state index in [1.807, 2.05) is 11.3 Å². The predicted octanol–water partition coefficient (Wildman–Crippen LogP) is 4.29. The van der Waals surface area contributed by atoms with Crippen LogP contribution >= 0.6 is 23.7 Å². The lowest BCUT2D eigenvalue weighted by Crippen LogP contribution is -1.99. The highest BCUT2D eigenvalue weighted by Crippen LogP contribution is 2.34. The van der Waals surface area contributed by atoms with E-state index < -0.39 is 0 Å². The van der Waals surface area contributed by atoms with Crippen LogP contribution in [0.5, 0.6) is 0 Å². The largest absolute Gasteiger partial charge is 0.369 e. The van der Waals surface area contributed by atoms with Crippen LogP contribution < -0.4 is 5.32 Å². The van der Waals surface area contributed by atoms with Crippen LogP contribution in [-0.4, -0.2) is 11.5 Å². The summed E-state index contributed by atoms with van der Waals surface area (Å²) in [6.45, 7) is 3.21. The molecule has 0 bridgehead atoms. The lowest BCUT2D eigenvalue weighted by Gasteiger charge is -2.01. The Bertz CT molecular complexity index is 513. The molecule has 0 fully saturated rings. The molecule has 0 atom stereocenters. The molecule has 0 aliphatic carbocycles. The smallest absolute Gasteiger partial charge is 0.140 e. The first-order chi connectivity index (χ1) is 8.34. The van der Waals surface area contributed by atoms with Crippen LogP contribution in [0.15, 0.2) is 24.3 Å². The molecule has 1 aliphatic heterocycles. The highest BCUT2D eigenvalue weighted by atomic mass is 35.5. The van der Waals surface area contributed by atoms with Gasteiger partial charge < -0.3 is 5.32 Å². The number of nitrogens with zero attached hydrogens (tertiary/aromatic N) is 1. The molecule has 2 aromatic rings. The number of hydrogen-bond donors (Lipinski definition) is 1. The molecule has 1 N–H and O–H groups in total. The van der Waals surface area contributed by atoms with Crippen molar-refractivity contribution in [3.63, 3.8) is 0 Å². The van der Waals surface area contributed by atoms with Gasteiger partial charge in [-0.15, -0.1) is 23.7 Å². The minimum atomic E-state index is 0. The monoisotopic (exact) mass is 280 g/mol. The molecule has 3 rings (SSSR count). The van der Waals surface area contributed by atoms with Crippen molar-refractivity contribution < 1.29 is 0 Å². The van der Waals surface area contributed by atoms with Crippen LogP contribution in [0.4, 0.5) is 5.82 Å². The van der Waals surface area contributed by atoms with Gasteiger partial charge in [-0.05, 0) is 31.7 Å². The molecule has 1 aromatic heterocycles. The van der Waals surface area contributed by atoms with E-state index in [1.54, 1.807) is 0 Å². The van der Waals surface area contributed by atoms with Gasteiger partial charge in [-0.2, -0.15) is 0 Å². The van der Waals surface area contributed by atoms with E-state index in [0.29, 0.717) is 0 Å². The maximum atomic E-state index is 4.75. The quantitative estimate of drug-likeness (QED) is 0.843. The van der Waals surface area contributed by atoms with E-state index in [-0.39, 0.29) is 12.4 Å². The van der Waals surface area contributed by atoms with Gasteiger partial charge in [0.2, 0.25) is 0 Å². The first-order valence-corrected chi connectivity index (χ1v) is 6.96. The van der Waals surface area contributed by atoms with Crippen LogP contribution in [0.2, 0.25) is 0 Å². The standard InChI is InChI=1S/C14H16N2S.ClH/c1-10-6-2-3-7-11(10)14-16-13-12(17-14)8-4-5-9-15-13;/h2-3,6-7,15H,4-5,8-9H2,1H3;1H. The number of benzene rings is 1. The van der Waals surface area contributed by atoms with Gasteiger partial charge in [0.05, 0.1) is 0 Å². The molecular formula is C14H17ClN2S. The summed E-state index contributed by atoms with van der Waals surface area (Å²) >= 11 is 1.84. The van der Waals surface area contributed by atoms with Crippen LogP contribution in [0, 0.1) is 6.92 Å². The van der Waals surface area contributed by atoms with E-state index in [4.69, 9.17) is 4.98 Å². The molecule has 2 heterocycles. The maximum Gasteiger partial charge on any atom is 0.140 e. The van der Waals surface area contributed by atoms with Gasteiger partial charge in [-0.25, -0.2) is 4.98 Å². The fourth-order valence-corrected chi connectivity index (χ4v) is 3.37. The SMILES string of the molecule is Cc1ccccc1-c1nc2c(s1)CCCCN2.Cl. The van der Waals surface area contributed by atoms with Crippen LogP contribution in [0.3, 0.4) is 0 Å². The number of halogens is 1. The fraction of sp³-hybridized carbons (Fsp3) is 0.357. The topological polar surface area (TPSA) is 24.9 Å². The maximum absolute atomic E-state index is 4.75. The van der Waals surface area contributed by atoms with E-state index in [9.17, 15) is 0 Å². The molecule has 1 aliphatic rings. The Hall–Kier alpha value is -1.06. The third kappa shape index (κ3) is 2.52. The molecule has 2 nitrogen and oxygen atoms in total. The summed E-state index contributed by atoms with van der Waals surface area (Å²) in [6.07, 6.45) is 3.70. The zero-order valence-electron chi connectivity index (χ0n) is 10.4. The number of aryl methyl sites for hydroxylation is 2. The number of fused-ring (bicyclic) bond motifs is 1. The molecule has 0 saturated heterocycles. The number of hydrogen-bond acceptors (Lipinski definition) is 3. The van der Waals surface area contributed by atoms with Crippen molar-refractivity contribution in [3.8, 4) is 10.6 Å². The molecule has 18 heavy (non-hydrogen) atoms. The van der Waals surface area contributed by atoms with Gasteiger partial charge in [-0.3, -0.25) is 0 Å². The van der Waals surface area contributed by atoms with Crippen molar-refractivity contribution in [2.24, 2.45) is 0 Å². The van der Waals surface area contributed by atoms with Crippen molar-refractivity contribution >= 4 is 29.6 Å². The van der Waals surface area contributed by atoms with Crippen molar-refractivity contribution in [1.82, 2.24) is 4.98 Å². The first kappa shape index (κ1) is 13.4. The summed E-state index contributed by atoms with van der Waals surface area (Å²) in [4.78, 5) is 6.17. The van der Waals surface area contributed by atoms with Crippen LogP contribution in [0.1, 0.15) is 23.3 Å². The molecule has 0 radical (unpaired) electrons. The highest BCUT2D eigenvalue weighted by Gasteiger charge is 2.15. The molecule has 4 heteroatoms. The Morgan fingerprint density at radius 2 is 2.06 bits per heavy atom. The van der Waals surface area contributed by atoms with E-state index >= 15 is 0 Å². The Morgan fingerprint density at radius 1 is 1.22 bits per heavy atom. The van der Waals surface area contributed by atoms with E-state index in [2.05, 4.69) is 36.5 Å². The normalized spacial score (nSPS) is 14.1. The third-order valence-corrected chi connectivity index (χ3v) is 4.34. The number of rotatable bonds is 1. The summed E-state index contributed by atoms with van der Waals surface area (Å²) in [5, 5.41) is 4.59. The van der Waals surface area contributed by atoms with Gasteiger partial charge in [-0.1, -0.05) is 24.3 Å². The Labute approximate surface area is 118 Å². The molecule has 0 spiro atoms. The molecule has 0 saturated carbocycles. The summed E-state index contributed by atoms with van der Waals surface area (Å²) in [7, 11) is 0. The molecule has 1 aromatic carbocycles. The lowest BCUT2D eigenvalue weighted by atomic mass is 10.1.